The monoisotopic (exact) mass is 536 g/mol. The molecule has 0 atom stereocenters. The molecule has 3 aromatic carbocycles. The molecule has 1 fully saturated rings. The summed E-state index contributed by atoms with van der Waals surface area (Å²) in [5, 5.41) is 5.77. The Labute approximate surface area is 232 Å². The molecule has 0 amide bonds. The van der Waals surface area contributed by atoms with Crippen molar-refractivity contribution < 1.29 is 24.0 Å². The minimum absolute atomic E-state index is 0.0410. The largest absolute Gasteiger partial charge is 0.492 e. The van der Waals surface area contributed by atoms with Gasteiger partial charge in [0.05, 0.1) is 23.6 Å². The fourth-order valence-electron chi connectivity index (χ4n) is 6.01. The van der Waals surface area contributed by atoms with Crippen molar-refractivity contribution in [1.29, 1.82) is 0 Å². The van der Waals surface area contributed by atoms with E-state index >= 15 is 0 Å². The lowest BCUT2D eigenvalue weighted by molar-refractivity contribution is -0.149. The number of fused-ring (bicyclic) bond motifs is 4. The summed E-state index contributed by atoms with van der Waals surface area (Å²) in [5.74, 6) is -0.386. The highest BCUT2D eigenvalue weighted by molar-refractivity contribution is 6.47. The first kappa shape index (κ1) is 26.0. The van der Waals surface area contributed by atoms with Crippen molar-refractivity contribution in [3.05, 3.63) is 76.9 Å². The van der Waals surface area contributed by atoms with Crippen LogP contribution in [0.4, 0.5) is 0 Å². The molecule has 204 valence electrons. The van der Waals surface area contributed by atoms with E-state index < -0.39 is 0 Å². The van der Waals surface area contributed by atoms with Crippen LogP contribution in [-0.2, 0) is 16.2 Å². The lowest BCUT2D eigenvalue weighted by Gasteiger charge is -2.18. The van der Waals surface area contributed by atoms with Crippen molar-refractivity contribution >= 4 is 45.1 Å². The summed E-state index contributed by atoms with van der Waals surface area (Å²) >= 11 is 0. The summed E-state index contributed by atoms with van der Waals surface area (Å²) in [5.41, 5.74) is 4.64. The molecule has 6 rings (SSSR count). The van der Waals surface area contributed by atoms with Gasteiger partial charge in [-0.3, -0.25) is 9.59 Å². The van der Waals surface area contributed by atoms with Gasteiger partial charge in [-0.05, 0) is 56.5 Å². The summed E-state index contributed by atoms with van der Waals surface area (Å²) in [6, 6.07) is 17.0. The number of aromatic nitrogens is 1. The molecule has 0 unspecified atom stereocenters. The average molecular weight is 537 g/mol. The van der Waals surface area contributed by atoms with Gasteiger partial charge in [-0.15, -0.1) is 0 Å². The number of hydrogen-bond donors (Lipinski definition) is 0. The molecule has 2 aliphatic rings. The number of ether oxygens (including phenoxy) is 1. The molecular formula is C33H32N2O5. The molecule has 0 bridgehead atoms. The van der Waals surface area contributed by atoms with E-state index in [9.17, 15) is 14.4 Å². The van der Waals surface area contributed by atoms with Crippen molar-refractivity contribution in [1.82, 2.24) is 4.57 Å². The van der Waals surface area contributed by atoms with Crippen LogP contribution in [0.3, 0.4) is 0 Å². The zero-order chi connectivity index (χ0) is 27.8. The lowest BCUT2D eigenvalue weighted by Crippen LogP contribution is -2.21. The molecule has 0 spiro atoms. The molecule has 40 heavy (non-hydrogen) atoms. The number of benzene rings is 3. The fourth-order valence-corrected chi connectivity index (χ4v) is 6.01. The molecule has 7 nitrogen and oxygen atoms in total. The Morgan fingerprint density at radius 1 is 1.00 bits per heavy atom. The maximum Gasteiger partial charge on any atom is 0.338 e. The summed E-state index contributed by atoms with van der Waals surface area (Å²) in [7, 11) is 0. The normalized spacial score (nSPS) is 17.1. The molecule has 0 saturated heterocycles. The summed E-state index contributed by atoms with van der Waals surface area (Å²) in [6.07, 6.45) is 5.01. The van der Waals surface area contributed by atoms with Crippen LogP contribution < -0.4 is 4.74 Å². The Morgan fingerprint density at radius 3 is 2.55 bits per heavy atom. The highest BCUT2D eigenvalue weighted by Crippen LogP contribution is 2.36. The second-order valence-corrected chi connectivity index (χ2v) is 10.7. The third kappa shape index (κ3) is 4.59. The Morgan fingerprint density at radius 2 is 1.77 bits per heavy atom. The third-order valence-corrected chi connectivity index (χ3v) is 8.22. The van der Waals surface area contributed by atoms with E-state index in [1.165, 1.54) is 0 Å². The number of nitrogens with zero attached hydrogens (tertiary/aromatic N) is 2. The van der Waals surface area contributed by atoms with Gasteiger partial charge in [0.2, 0.25) is 5.78 Å². The Bertz CT molecular complexity index is 1690. The van der Waals surface area contributed by atoms with Crippen molar-refractivity contribution in [3.63, 3.8) is 0 Å². The summed E-state index contributed by atoms with van der Waals surface area (Å²) in [4.78, 5) is 44.8. The number of rotatable bonds is 5. The lowest BCUT2D eigenvalue weighted by atomic mass is 9.89. The van der Waals surface area contributed by atoms with Gasteiger partial charge in [0, 0.05) is 46.4 Å². The molecule has 2 heterocycles. The number of aryl methyl sites for hydroxylation is 2. The molecule has 0 N–H and O–H groups in total. The van der Waals surface area contributed by atoms with Gasteiger partial charge >= 0.3 is 5.97 Å². The smallest absolute Gasteiger partial charge is 0.338 e. The number of carbonyl (C=O) groups is 3. The van der Waals surface area contributed by atoms with Crippen molar-refractivity contribution in [3.8, 4) is 5.75 Å². The van der Waals surface area contributed by atoms with E-state index in [1.54, 1.807) is 0 Å². The van der Waals surface area contributed by atoms with Crippen molar-refractivity contribution in [2.75, 3.05) is 6.61 Å². The maximum absolute atomic E-state index is 13.6. The first-order valence-electron chi connectivity index (χ1n) is 14.1. The molecule has 4 aromatic rings. The van der Waals surface area contributed by atoms with E-state index in [4.69, 9.17) is 9.57 Å². The molecular weight excluding hydrogens is 504 g/mol. The van der Waals surface area contributed by atoms with Gasteiger partial charge in [0.25, 0.3) is 0 Å². The zero-order valence-electron chi connectivity index (χ0n) is 22.9. The molecule has 1 aliphatic carbocycles. The Balaban J connectivity index is 1.40. The van der Waals surface area contributed by atoms with Crippen LogP contribution in [0.5, 0.6) is 5.75 Å². The third-order valence-electron chi connectivity index (χ3n) is 8.22. The Kier molecular flexibility index (Phi) is 6.96. The van der Waals surface area contributed by atoms with Gasteiger partial charge in [-0.25, -0.2) is 4.79 Å². The zero-order valence-corrected chi connectivity index (χ0v) is 22.9. The summed E-state index contributed by atoms with van der Waals surface area (Å²) in [6.45, 7) is 4.96. The van der Waals surface area contributed by atoms with E-state index in [0.29, 0.717) is 29.0 Å². The minimum atomic E-state index is -0.363. The SMILES string of the molecule is CCn1c2ccc(C(=O)c3ccccc3C)cc2c2cc3c(cc21)OCC/C(=N\OC(=O)C1CCCCC1)C3=O. The number of ketones is 2. The Hall–Kier alpha value is -4.26. The highest BCUT2D eigenvalue weighted by Gasteiger charge is 2.28. The molecule has 7 heteroatoms. The van der Waals surface area contributed by atoms with Gasteiger partial charge in [-0.2, -0.15) is 0 Å². The van der Waals surface area contributed by atoms with Crippen molar-refractivity contribution in [2.24, 2.45) is 11.1 Å². The second kappa shape index (κ2) is 10.7. The molecule has 0 radical (unpaired) electrons. The van der Waals surface area contributed by atoms with Gasteiger partial charge in [-0.1, -0.05) is 48.7 Å². The van der Waals surface area contributed by atoms with Crippen LogP contribution in [0, 0.1) is 12.8 Å². The molecule has 1 saturated carbocycles. The number of Topliss-reactive ketones (excluding diaryl/α,β-unsaturated/α-hetero) is 1. The standard InChI is InChI=1S/C33H32N2O5/c1-3-35-28-14-13-22(31(36)23-12-8-7-9-20(23)2)17-24(28)25-18-26-30(19-29(25)35)39-16-15-27(32(26)37)34-40-33(38)21-10-5-4-6-11-21/h7-9,12-14,17-19,21H,3-6,10-11,15-16H2,1-2H3/b34-27+. The van der Waals surface area contributed by atoms with Crippen LogP contribution in [0.25, 0.3) is 21.8 Å². The van der Waals surface area contributed by atoms with Crippen LogP contribution in [0.1, 0.15) is 77.3 Å². The number of hydrogen-bond acceptors (Lipinski definition) is 6. The summed E-state index contributed by atoms with van der Waals surface area (Å²) < 4.78 is 8.16. The van der Waals surface area contributed by atoms with E-state index in [-0.39, 0.29) is 42.2 Å². The first-order valence-corrected chi connectivity index (χ1v) is 14.1. The molecule has 1 aliphatic heterocycles. The first-order chi connectivity index (χ1) is 19.5. The predicted octanol–water partition coefficient (Wildman–Crippen LogP) is 6.80. The average Bonchev–Trinajstić information content (AvgIpc) is 3.20. The van der Waals surface area contributed by atoms with E-state index in [1.807, 2.05) is 61.5 Å². The minimum Gasteiger partial charge on any atom is -0.492 e. The van der Waals surface area contributed by atoms with Gasteiger partial charge in [0.15, 0.2) is 5.78 Å². The predicted molar refractivity (Wildman–Crippen MR) is 154 cm³/mol. The van der Waals surface area contributed by atoms with Gasteiger partial charge in [0.1, 0.15) is 11.5 Å². The van der Waals surface area contributed by atoms with E-state index in [0.717, 1.165) is 59.5 Å². The second-order valence-electron chi connectivity index (χ2n) is 10.7. The van der Waals surface area contributed by atoms with Crippen LogP contribution in [0.15, 0.2) is 59.8 Å². The van der Waals surface area contributed by atoms with Crippen LogP contribution >= 0.6 is 0 Å². The quantitative estimate of drug-likeness (QED) is 0.159. The fraction of sp³-hybridized carbons (Fsp3) is 0.333. The van der Waals surface area contributed by atoms with Crippen LogP contribution in [-0.4, -0.2) is 34.4 Å². The molecule has 1 aromatic heterocycles. The van der Waals surface area contributed by atoms with Crippen molar-refractivity contribution in [2.45, 2.75) is 58.9 Å². The number of carbonyl (C=O) groups excluding carboxylic acids is 3. The van der Waals surface area contributed by atoms with Crippen LogP contribution in [0.2, 0.25) is 0 Å². The highest BCUT2D eigenvalue weighted by atomic mass is 16.7. The number of oxime groups is 1. The topological polar surface area (TPSA) is 87.0 Å². The maximum atomic E-state index is 13.6. The van der Waals surface area contributed by atoms with E-state index in [2.05, 4.69) is 16.6 Å². The van der Waals surface area contributed by atoms with Gasteiger partial charge < -0.3 is 14.1 Å².